The van der Waals surface area contributed by atoms with Crippen LogP contribution in [0.5, 0.6) is 5.75 Å². The van der Waals surface area contributed by atoms with Gasteiger partial charge in [0.05, 0.1) is 17.7 Å². The van der Waals surface area contributed by atoms with Crippen molar-refractivity contribution in [2.75, 3.05) is 31.7 Å². The Hall–Kier alpha value is -1.67. The molecule has 0 bridgehead atoms. The van der Waals surface area contributed by atoms with Gasteiger partial charge >= 0.3 is 0 Å². The van der Waals surface area contributed by atoms with Crippen LogP contribution in [0.3, 0.4) is 0 Å². The average Bonchev–Trinajstić information content (AvgIpc) is 3.30. The molecule has 1 amide bonds. The molecule has 2 aliphatic rings. The van der Waals surface area contributed by atoms with Gasteiger partial charge in [-0.15, -0.1) is 23.7 Å². The Bertz CT molecular complexity index is 790. The Morgan fingerprint density at radius 1 is 1.31 bits per heavy atom. The van der Waals surface area contributed by atoms with Crippen molar-refractivity contribution in [3.05, 3.63) is 29.1 Å². The predicted octanol–water partition coefficient (Wildman–Crippen LogP) is 2.86. The molecule has 1 aromatic carbocycles. The highest BCUT2D eigenvalue weighted by Gasteiger charge is 2.39. The van der Waals surface area contributed by atoms with Crippen molar-refractivity contribution in [3.8, 4) is 17.0 Å². The van der Waals surface area contributed by atoms with E-state index in [9.17, 15) is 4.79 Å². The molecule has 6 nitrogen and oxygen atoms in total. The minimum absolute atomic E-state index is 0. The third-order valence-corrected chi connectivity index (χ3v) is 5.79. The highest BCUT2D eigenvalue weighted by molar-refractivity contribution is 7.14. The van der Waals surface area contributed by atoms with Crippen LogP contribution in [-0.4, -0.2) is 37.3 Å². The lowest BCUT2D eigenvalue weighted by Gasteiger charge is -2.34. The maximum atomic E-state index is 12.7. The van der Waals surface area contributed by atoms with Crippen molar-refractivity contribution in [2.45, 2.75) is 19.3 Å². The maximum absolute atomic E-state index is 12.7. The molecule has 0 aliphatic carbocycles. The monoisotopic (exact) mass is 395 g/mol. The molecule has 1 saturated heterocycles. The molecular weight excluding hydrogens is 374 g/mol. The number of hydrogen-bond acceptors (Lipinski definition) is 6. The molecule has 26 heavy (non-hydrogen) atoms. The van der Waals surface area contributed by atoms with Gasteiger partial charge in [-0.2, -0.15) is 0 Å². The summed E-state index contributed by atoms with van der Waals surface area (Å²) in [5.41, 5.74) is 8.46. The summed E-state index contributed by atoms with van der Waals surface area (Å²) in [4.78, 5) is 17.3. The Labute approximate surface area is 162 Å². The fourth-order valence-corrected chi connectivity index (χ4v) is 4.04. The van der Waals surface area contributed by atoms with Gasteiger partial charge in [-0.3, -0.25) is 4.79 Å². The summed E-state index contributed by atoms with van der Waals surface area (Å²) in [6.07, 6.45) is 2.23. The molecule has 0 unspecified atom stereocenters. The SMILES string of the molecule is Cl.NCC1(C(=O)Nc2nc(-c3ccc4c(c3)CCO4)cs2)CCOCC1. The highest BCUT2D eigenvalue weighted by atomic mass is 35.5. The zero-order valence-corrected chi connectivity index (χ0v) is 16.0. The smallest absolute Gasteiger partial charge is 0.233 e. The van der Waals surface area contributed by atoms with Crippen LogP contribution in [-0.2, 0) is 16.0 Å². The van der Waals surface area contributed by atoms with Gasteiger partial charge in [-0.05, 0) is 36.6 Å². The first-order valence-electron chi connectivity index (χ1n) is 8.51. The number of carbonyl (C=O) groups is 1. The number of ether oxygens (including phenoxy) is 2. The number of thiazole rings is 1. The van der Waals surface area contributed by atoms with Crippen LogP contribution >= 0.6 is 23.7 Å². The minimum Gasteiger partial charge on any atom is -0.493 e. The van der Waals surface area contributed by atoms with Gasteiger partial charge in [0.1, 0.15) is 5.75 Å². The molecule has 0 radical (unpaired) electrons. The van der Waals surface area contributed by atoms with Gasteiger partial charge < -0.3 is 20.5 Å². The second-order valence-corrected chi connectivity index (χ2v) is 7.37. The number of aromatic nitrogens is 1. The van der Waals surface area contributed by atoms with E-state index in [-0.39, 0.29) is 18.3 Å². The summed E-state index contributed by atoms with van der Waals surface area (Å²) in [5, 5.41) is 5.53. The Morgan fingerprint density at radius 3 is 2.88 bits per heavy atom. The number of nitrogens with zero attached hydrogens (tertiary/aromatic N) is 1. The van der Waals surface area contributed by atoms with Crippen molar-refractivity contribution in [3.63, 3.8) is 0 Å². The Kier molecular flexibility index (Phi) is 5.82. The molecule has 8 heteroatoms. The number of amides is 1. The summed E-state index contributed by atoms with van der Waals surface area (Å²) in [5.74, 6) is 0.901. The molecule has 140 valence electrons. The number of benzene rings is 1. The van der Waals surface area contributed by atoms with Gasteiger partial charge in [0.15, 0.2) is 5.13 Å². The quantitative estimate of drug-likeness (QED) is 0.831. The van der Waals surface area contributed by atoms with Crippen molar-refractivity contribution >= 4 is 34.8 Å². The molecule has 0 saturated carbocycles. The van der Waals surface area contributed by atoms with E-state index in [0.717, 1.165) is 30.0 Å². The van der Waals surface area contributed by atoms with E-state index < -0.39 is 5.41 Å². The van der Waals surface area contributed by atoms with Gasteiger partial charge in [0.2, 0.25) is 5.91 Å². The van der Waals surface area contributed by atoms with Crippen LogP contribution in [0.4, 0.5) is 5.13 Å². The summed E-state index contributed by atoms with van der Waals surface area (Å²) in [7, 11) is 0. The van der Waals surface area contributed by atoms with E-state index in [1.165, 1.54) is 16.9 Å². The molecule has 2 aromatic rings. The Morgan fingerprint density at radius 2 is 2.12 bits per heavy atom. The van der Waals surface area contributed by atoms with E-state index in [4.69, 9.17) is 15.2 Å². The number of nitrogens with two attached hydrogens (primary N) is 1. The normalized spacial score (nSPS) is 17.7. The molecule has 3 heterocycles. The van der Waals surface area contributed by atoms with Gasteiger partial charge in [0.25, 0.3) is 0 Å². The zero-order valence-electron chi connectivity index (χ0n) is 14.3. The predicted molar refractivity (Wildman–Crippen MR) is 104 cm³/mol. The van der Waals surface area contributed by atoms with Crippen LogP contribution < -0.4 is 15.8 Å². The summed E-state index contributed by atoms with van der Waals surface area (Å²) in [6, 6.07) is 6.11. The maximum Gasteiger partial charge on any atom is 0.233 e. The molecule has 1 fully saturated rings. The lowest BCUT2D eigenvalue weighted by atomic mass is 9.79. The second kappa shape index (κ2) is 7.92. The van der Waals surface area contributed by atoms with Gasteiger partial charge in [-0.25, -0.2) is 4.98 Å². The van der Waals surface area contributed by atoms with Crippen molar-refractivity contribution in [2.24, 2.45) is 11.1 Å². The van der Waals surface area contributed by atoms with Gasteiger partial charge in [0, 0.05) is 37.1 Å². The first-order valence-corrected chi connectivity index (χ1v) is 9.39. The van der Waals surface area contributed by atoms with Crippen molar-refractivity contribution < 1.29 is 14.3 Å². The largest absolute Gasteiger partial charge is 0.493 e. The van der Waals surface area contributed by atoms with Crippen LogP contribution in [0.1, 0.15) is 18.4 Å². The number of carbonyl (C=O) groups excluding carboxylic acids is 1. The fourth-order valence-electron chi connectivity index (χ4n) is 3.33. The molecule has 1 aromatic heterocycles. The number of fused-ring (bicyclic) bond motifs is 1. The average molecular weight is 396 g/mol. The first kappa shape index (κ1) is 19.1. The van der Waals surface area contributed by atoms with E-state index in [2.05, 4.69) is 16.4 Å². The molecule has 0 atom stereocenters. The van der Waals surface area contributed by atoms with Crippen molar-refractivity contribution in [1.82, 2.24) is 4.98 Å². The summed E-state index contributed by atoms with van der Waals surface area (Å²) in [6.45, 7) is 2.21. The Balaban J connectivity index is 0.00000196. The molecule has 2 aliphatic heterocycles. The van der Waals surface area contributed by atoms with E-state index in [0.29, 0.717) is 37.7 Å². The molecule has 3 N–H and O–H groups in total. The van der Waals surface area contributed by atoms with Crippen LogP contribution in [0, 0.1) is 5.41 Å². The summed E-state index contributed by atoms with van der Waals surface area (Å²) >= 11 is 1.43. The third-order valence-electron chi connectivity index (χ3n) is 5.03. The fraction of sp³-hybridized carbons (Fsp3) is 0.444. The lowest BCUT2D eigenvalue weighted by molar-refractivity contribution is -0.130. The zero-order chi connectivity index (χ0) is 17.3. The second-order valence-electron chi connectivity index (χ2n) is 6.51. The van der Waals surface area contributed by atoms with E-state index in [1.54, 1.807) is 0 Å². The molecular formula is C18H22ClN3O3S. The van der Waals surface area contributed by atoms with Crippen LogP contribution in [0.25, 0.3) is 11.3 Å². The van der Waals surface area contributed by atoms with E-state index in [1.807, 2.05) is 17.5 Å². The lowest BCUT2D eigenvalue weighted by Crippen LogP contribution is -2.46. The number of hydrogen-bond donors (Lipinski definition) is 2. The number of halogens is 1. The van der Waals surface area contributed by atoms with E-state index >= 15 is 0 Å². The topological polar surface area (TPSA) is 86.5 Å². The minimum atomic E-state index is -0.547. The first-order chi connectivity index (χ1) is 12.2. The van der Waals surface area contributed by atoms with Gasteiger partial charge in [-0.1, -0.05) is 0 Å². The van der Waals surface area contributed by atoms with Crippen LogP contribution in [0.2, 0.25) is 0 Å². The number of nitrogens with one attached hydrogen (secondary N) is 1. The summed E-state index contributed by atoms with van der Waals surface area (Å²) < 4.78 is 10.9. The standard InChI is InChI=1S/C18H21N3O3S.ClH/c19-11-18(4-7-23-8-5-18)16(22)21-17-20-14(10-25-17)12-1-2-15-13(9-12)3-6-24-15;/h1-2,9-10H,3-8,11,19H2,(H,20,21,22);1H. The number of rotatable bonds is 4. The molecule has 0 spiro atoms. The van der Waals surface area contributed by atoms with Crippen LogP contribution in [0.15, 0.2) is 23.6 Å². The third kappa shape index (κ3) is 3.57. The molecule has 4 rings (SSSR count). The highest BCUT2D eigenvalue weighted by Crippen LogP contribution is 2.34. The number of anilines is 1. The van der Waals surface area contributed by atoms with Crippen molar-refractivity contribution in [1.29, 1.82) is 0 Å².